The van der Waals surface area contributed by atoms with Crippen molar-refractivity contribution in [2.75, 3.05) is 11.9 Å². The van der Waals surface area contributed by atoms with Crippen molar-refractivity contribution in [1.82, 2.24) is 4.72 Å². The van der Waals surface area contributed by atoms with Gasteiger partial charge in [-0.05, 0) is 55.3 Å². The normalized spacial score (nSPS) is 15.1. The molecule has 2 aromatic carbocycles. The van der Waals surface area contributed by atoms with Crippen molar-refractivity contribution in [2.45, 2.75) is 42.8 Å². The Morgan fingerprint density at radius 3 is 2.35 bits per heavy atom. The lowest BCUT2D eigenvalue weighted by Gasteiger charge is -2.15. The quantitative estimate of drug-likeness (QED) is 0.611. The second kappa shape index (κ2) is 9.46. The number of carbonyl (C=O) groups is 1. The van der Waals surface area contributed by atoms with Crippen LogP contribution in [0.4, 0.5) is 18.9 Å². The number of halogens is 4. The average molecular weight is 477 g/mol. The highest BCUT2D eigenvalue weighted by Crippen LogP contribution is 2.36. The van der Waals surface area contributed by atoms with Gasteiger partial charge in [-0.15, -0.1) is 0 Å². The Kier molecular flexibility index (Phi) is 7.13. The second-order valence-corrected chi connectivity index (χ2v) is 9.25. The Labute approximate surface area is 182 Å². The molecule has 0 radical (unpaired) electrons. The first-order chi connectivity index (χ1) is 14.5. The number of carbonyl (C=O) groups excluding carboxylic acids is 1. The summed E-state index contributed by atoms with van der Waals surface area (Å²) in [5.74, 6) is -0.616. The lowest BCUT2D eigenvalue weighted by atomic mass is 10.1. The summed E-state index contributed by atoms with van der Waals surface area (Å²) in [6.45, 7) is -0.563. The first-order valence-electron chi connectivity index (χ1n) is 9.46. The maximum Gasteiger partial charge on any atom is 0.418 e. The van der Waals surface area contributed by atoms with Gasteiger partial charge in [-0.3, -0.25) is 4.79 Å². The average Bonchev–Trinajstić information content (AvgIpc) is 3.19. The van der Waals surface area contributed by atoms with E-state index in [4.69, 9.17) is 16.3 Å². The van der Waals surface area contributed by atoms with Crippen molar-refractivity contribution in [1.29, 1.82) is 0 Å². The molecule has 0 bridgehead atoms. The predicted molar refractivity (Wildman–Crippen MR) is 110 cm³/mol. The Hall–Kier alpha value is -2.30. The molecular formula is C20H20ClF3N2O4S. The fourth-order valence-corrected chi connectivity index (χ4v) is 4.72. The SMILES string of the molecule is O=C(COc1ccc(S(=O)(=O)NC2CCCC2)cc1)Nc1ccc(Cl)cc1C(F)(F)F. The Balaban J connectivity index is 1.59. The molecule has 1 amide bonds. The van der Waals surface area contributed by atoms with Gasteiger partial charge in [0, 0.05) is 11.1 Å². The van der Waals surface area contributed by atoms with E-state index < -0.39 is 40.0 Å². The van der Waals surface area contributed by atoms with Gasteiger partial charge in [-0.25, -0.2) is 13.1 Å². The largest absolute Gasteiger partial charge is 0.484 e. The van der Waals surface area contributed by atoms with Gasteiger partial charge < -0.3 is 10.1 Å². The van der Waals surface area contributed by atoms with Crippen molar-refractivity contribution >= 4 is 33.2 Å². The summed E-state index contributed by atoms with van der Waals surface area (Å²) in [5, 5.41) is 2.03. The number of nitrogens with one attached hydrogen (secondary N) is 2. The summed E-state index contributed by atoms with van der Waals surface area (Å²) < 4.78 is 72.0. The molecule has 1 aliphatic rings. The zero-order valence-electron chi connectivity index (χ0n) is 16.2. The van der Waals surface area contributed by atoms with Crippen molar-refractivity contribution < 1.29 is 31.1 Å². The maximum absolute atomic E-state index is 13.1. The number of benzene rings is 2. The van der Waals surface area contributed by atoms with E-state index in [9.17, 15) is 26.4 Å². The molecule has 2 N–H and O–H groups in total. The molecule has 1 aliphatic carbocycles. The zero-order valence-corrected chi connectivity index (χ0v) is 17.8. The fourth-order valence-electron chi connectivity index (χ4n) is 3.24. The Morgan fingerprint density at radius 1 is 1.10 bits per heavy atom. The standard InChI is InChI=1S/C20H20ClF3N2O4S/c21-13-5-10-18(17(11-13)20(22,23)24)25-19(27)12-30-15-6-8-16(9-7-15)31(28,29)26-14-3-1-2-4-14/h5-11,14,26H,1-4,12H2,(H,25,27). The third-order valence-electron chi connectivity index (χ3n) is 4.74. The predicted octanol–water partition coefficient (Wildman–Crippen LogP) is 4.60. The number of anilines is 1. The molecular weight excluding hydrogens is 457 g/mol. The second-order valence-electron chi connectivity index (χ2n) is 7.10. The number of hydrogen-bond acceptors (Lipinski definition) is 4. The molecule has 168 valence electrons. The van der Waals surface area contributed by atoms with Crippen LogP contribution in [-0.4, -0.2) is 27.0 Å². The molecule has 11 heteroatoms. The van der Waals surface area contributed by atoms with Gasteiger partial charge in [0.15, 0.2) is 6.61 Å². The van der Waals surface area contributed by atoms with E-state index in [0.29, 0.717) is 0 Å². The van der Waals surface area contributed by atoms with E-state index >= 15 is 0 Å². The van der Waals surface area contributed by atoms with E-state index in [1.165, 1.54) is 30.3 Å². The van der Waals surface area contributed by atoms with Gasteiger partial charge in [0.1, 0.15) is 5.75 Å². The van der Waals surface area contributed by atoms with E-state index in [1.807, 2.05) is 0 Å². The zero-order chi connectivity index (χ0) is 22.6. The number of alkyl halides is 3. The van der Waals surface area contributed by atoms with Crippen LogP contribution in [0.3, 0.4) is 0 Å². The van der Waals surface area contributed by atoms with Crippen LogP contribution in [0.5, 0.6) is 5.75 Å². The highest BCUT2D eigenvalue weighted by atomic mass is 35.5. The highest BCUT2D eigenvalue weighted by molar-refractivity contribution is 7.89. The molecule has 3 rings (SSSR count). The minimum atomic E-state index is -4.69. The van der Waals surface area contributed by atoms with Gasteiger partial charge >= 0.3 is 6.18 Å². The molecule has 0 heterocycles. The molecule has 0 unspecified atom stereocenters. The summed E-state index contributed by atoms with van der Waals surface area (Å²) in [6, 6.07) is 8.36. The minimum Gasteiger partial charge on any atom is -0.484 e. The van der Waals surface area contributed by atoms with Crippen LogP contribution in [0.15, 0.2) is 47.4 Å². The van der Waals surface area contributed by atoms with Crippen LogP contribution in [0.2, 0.25) is 5.02 Å². The number of amides is 1. The van der Waals surface area contributed by atoms with Gasteiger partial charge in [-0.2, -0.15) is 13.2 Å². The highest BCUT2D eigenvalue weighted by Gasteiger charge is 2.34. The number of ether oxygens (including phenoxy) is 1. The smallest absolute Gasteiger partial charge is 0.418 e. The van der Waals surface area contributed by atoms with Crippen molar-refractivity contribution in [3.05, 3.63) is 53.1 Å². The summed E-state index contributed by atoms with van der Waals surface area (Å²) in [7, 11) is -3.66. The summed E-state index contributed by atoms with van der Waals surface area (Å²) in [4.78, 5) is 12.1. The van der Waals surface area contributed by atoms with Gasteiger partial charge in [0.2, 0.25) is 10.0 Å². The van der Waals surface area contributed by atoms with Crippen LogP contribution in [0.1, 0.15) is 31.2 Å². The van der Waals surface area contributed by atoms with E-state index in [2.05, 4.69) is 10.0 Å². The maximum atomic E-state index is 13.1. The van der Waals surface area contributed by atoms with Gasteiger partial charge in [0.25, 0.3) is 5.91 Å². The third kappa shape index (κ3) is 6.34. The Bertz CT molecular complexity index is 1040. The molecule has 6 nitrogen and oxygen atoms in total. The van der Waals surface area contributed by atoms with Crippen LogP contribution in [0, 0.1) is 0 Å². The topological polar surface area (TPSA) is 84.5 Å². The fraction of sp³-hybridized carbons (Fsp3) is 0.350. The summed E-state index contributed by atoms with van der Waals surface area (Å²) in [5.41, 5.74) is -1.51. The van der Waals surface area contributed by atoms with Crippen molar-refractivity contribution in [3.8, 4) is 5.75 Å². The molecule has 2 aromatic rings. The third-order valence-corrected chi connectivity index (χ3v) is 6.51. The van der Waals surface area contributed by atoms with Gasteiger partial charge in [0.05, 0.1) is 16.1 Å². The van der Waals surface area contributed by atoms with Crippen molar-refractivity contribution in [2.24, 2.45) is 0 Å². The van der Waals surface area contributed by atoms with Crippen LogP contribution >= 0.6 is 11.6 Å². The molecule has 0 saturated heterocycles. The molecule has 1 saturated carbocycles. The molecule has 0 atom stereocenters. The van der Waals surface area contributed by atoms with Crippen LogP contribution < -0.4 is 14.8 Å². The van der Waals surface area contributed by atoms with Gasteiger partial charge in [-0.1, -0.05) is 24.4 Å². The molecule has 0 aliphatic heterocycles. The lowest BCUT2D eigenvalue weighted by molar-refractivity contribution is -0.137. The van der Waals surface area contributed by atoms with Crippen LogP contribution in [-0.2, 0) is 21.0 Å². The first-order valence-corrected chi connectivity index (χ1v) is 11.3. The Morgan fingerprint density at radius 2 is 1.74 bits per heavy atom. The number of sulfonamides is 1. The van der Waals surface area contributed by atoms with Crippen molar-refractivity contribution in [3.63, 3.8) is 0 Å². The summed E-state index contributed by atoms with van der Waals surface area (Å²) >= 11 is 5.61. The monoisotopic (exact) mass is 476 g/mol. The van der Waals surface area contributed by atoms with Crippen LogP contribution in [0.25, 0.3) is 0 Å². The molecule has 0 spiro atoms. The minimum absolute atomic E-state index is 0.0622. The first kappa shape index (κ1) is 23.4. The van der Waals surface area contributed by atoms with E-state index in [-0.39, 0.29) is 21.7 Å². The molecule has 0 aromatic heterocycles. The van der Waals surface area contributed by atoms with E-state index in [1.54, 1.807) is 0 Å². The lowest BCUT2D eigenvalue weighted by Crippen LogP contribution is -2.32. The van der Waals surface area contributed by atoms with E-state index in [0.717, 1.165) is 37.8 Å². The number of hydrogen-bond donors (Lipinski definition) is 2. The molecule has 1 fully saturated rings. The number of rotatable bonds is 7. The summed E-state index contributed by atoms with van der Waals surface area (Å²) in [6.07, 6.45) is -1.11. The molecule has 31 heavy (non-hydrogen) atoms.